The van der Waals surface area contributed by atoms with Gasteiger partial charge in [0.05, 0.1) is 6.10 Å². The van der Waals surface area contributed by atoms with Crippen LogP contribution in [0.15, 0.2) is 24.3 Å². The van der Waals surface area contributed by atoms with Crippen molar-refractivity contribution in [2.75, 3.05) is 6.54 Å². The van der Waals surface area contributed by atoms with Crippen molar-refractivity contribution in [3.8, 4) is 0 Å². The molecule has 1 saturated carbocycles. The molecule has 1 aromatic carbocycles. The van der Waals surface area contributed by atoms with E-state index in [0.717, 1.165) is 19.3 Å². The molecule has 1 aromatic rings. The van der Waals surface area contributed by atoms with Crippen molar-refractivity contribution < 1.29 is 14.3 Å². The van der Waals surface area contributed by atoms with Crippen LogP contribution in [0.5, 0.6) is 0 Å². The van der Waals surface area contributed by atoms with Gasteiger partial charge in [-0.05, 0) is 36.5 Å². The van der Waals surface area contributed by atoms with Gasteiger partial charge in [-0.15, -0.1) is 0 Å². The van der Waals surface area contributed by atoms with Gasteiger partial charge in [-0.3, -0.25) is 0 Å². The number of benzene rings is 1. The van der Waals surface area contributed by atoms with E-state index in [1.165, 1.54) is 30.7 Å². The highest BCUT2D eigenvalue weighted by molar-refractivity contribution is 5.74. The van der Waals surface area contributed by atoms with E-state index >= 15 is 0 Å². The summed E-state index contributed by atoms with van der Waals surface area (Å²) in [5.41, 5.74) is 0.586. The van der Waals surface area contributed by atoms with Crippen LogP contribution in [-0.4, -0.2) is 23.7 Å². The third-order valence-corrected chi connectivity index (χ3v) is 4.14. The Hall–Kier alpha value is -1.62. The lowest BCUT2D eigenvalue weighted by atomic mass is 9.86. The molecule has 2 rings (SSSR count). The predicted octanol–water partition coefficient (Wildman–Crippen LogP) is 2.74. The van der Waals surface area contributed by atoms with Crippen molar-refractivity contribution in [3.63, 3.8) is 0 Å². The second kappa shape index (κ2) is 7.41. The monoisotopic (exact) mass is 294 g/mol. The van der Waals surface area contributed by atoms with Gasteiger partial charge >= 0.3 is 6.03 Å². The quantitative estimate of drug-likeness (QED) is 0.799. The largest absolute Gasteiger partial charge is 0.387 e. The van der Waals surface area contributed by atoms with Crippen molar-refractivity contribution >= 4 is 6.03 Å². The Balaban J connectivity index is 1.76. The van der Waals surface area contributed by atoms with Gasteiger partial charge < -0.3 is 15.7 Å². The lowest BCUT2D eigenvalue weighted by Crippen LogP contribution is -2.46. The van der Waals surface area contributed by atoms with Crippen molar-refractivity contribution in [2.24, 2.45) is 5.92 Å². The third kappa shape index (κ3) is 4.70. The Morgan fingerprint density at radius 2 is 2.00 bits per heavy atom. The second-order valence-electron chi connectivity index (χ2n) is 5.79. The fourth-order valence-corrected chi connectivity index (χ4v) is 2.74. The van der Waals surface area contributed by atoms with Crippen LogP contribution in [0.25, 0.3) is 0 Å². The molecule has 4 nitrogen and oxygen atoms in total. The minimum atomic E-state index is -0.833. The molecular formula is C16H23FN2O2. The second-order valence-corrected chi connectivity index (χ2v) is 5.79. The summed E-state index contributed by atoms with van der Waals surface area (Å²) in [5, 5.41) is 15.6. The number of amides is 2. The number of aliphatic hydroxyl groups is 1. The maximum absolute atomic E-state index is 12.8. The van der Waals surface area contributed by atoms with Crippen molar-refractivity contribution in [2.45, 2.75) is 44.8 Å². The first-order valence-electron chi connectivity index (χ1n) is 7.54. The summed E-state index contributed by atoms with van der Waals surface area (Å²) < 4.78 is 12.8. The van der Waals surface area contributed by atoms with E-state index in [0.29, 0.717) is 11.5 Å². The van der Waals surface area contributed by atoms with E-state index in [1.807, 2.05) is 0 Å². The van der Waals surface area contributed by atoms with Gasteiger partial charge in [0.2, 0.25) is 0 Å². The average molecular weight is 294 g/mol. The highest BCUT2D eigenvalue weighted by atomic mass is 19.1. The molecule has 0 aromatic heterocycles. The van der Waals surface area contributed by atoms with Crippen LogP contribution in [-0.2, 0) is 0 Å². The molecule has 0 bridgehead atoms. The van der Waals surface area contributed by atoms with E-state index in [-0.39, 0.29) is 24.4 Å². The molecular weight excluding hydrogens is 271 g/mol. The van der Waals surface area contributed by atoms with Crippen LogP contribution >= 0.6 is 0 Å². The minimum Gasteiger partial charge on any atom is -0.387 e. The zero-order chi connectivity index (χ0) is 15.2. The number of rotatable bonds is 4. The Morgan fingerprint density at radius 1 is 1.33 bits per heavy atom. The number of hydrogen-bond acceptors (Lipinski definition) is 2. The Morgan fingerprint density at radius 3 is 2.67 bits per heavy atom. The molecule has 3 N–H and O–H groups in total. The first-order chi connectivity index (χ1) is 10.1. The van der Waals surface area contributed by atoms with Crippen LogP contribution < -0.4 is 10.6 Å². The molecule has 0 heterocycles. The zero-order valence-corrected chi connectivity index (χ0v) is 12.3. The number of urea groups is 1. The van der Waals surface area contributed by atoms with E-state index in [4.69, 9.17) is 0 Å². The lowest BCUT2D eigenvalue weighted by Gasteiger charge is -2.29. The number of aliphatic hydroxyl groups excluding tert-OH is 1. The van der Waals surface area contributed by atoms with E-state index in [9.17, 15) is 14.3 Å². The predicted molar refractivity (Wildman–Crippen MR) is 79.3 cm³/mol. The number of halogens is 1. The Bertz CT molecular complexity index is 464. The van der Waals surface area contributed by atoms with Crippen molar-refractivity contribution in [1.29, 1.82) is 0 Å². The summed E-state index contributed by atoms with van der Waals surface area (Å²) in [6.07, 6.45) is 3.69. The van der Waals surface area contributed by atoms with E-state index in [1.54, 1.807) is 0 Å². The van der Waals surface area contributed by atoms with Crippen molar-refractivity contribution in [3.05, 3.63) is 35.6 Å². The van der Waals surface area contributed by atoms with Gasteiger partial charge in [-0.2, -0.15) is 0 Å². The van der Waals surface area contributed by atoms with Gasteiger partial charge in [-0.1, -0.05) is 31.9 Å². The highest BCUT2D eigenvalue weighted by Gasteiger charge is 2.22. The first kappa shape index (κ1) is 15.8. The summed E-state index contributed by atoms with van der Waals surface area (Å²) in [5.74, 6) is 0.148. The summed E-state index contributed by atoms with van der Waals surface area (Å²) in [6, 6.07) is 5.58. The van der Waals surface area contributed by atoms with Gasteiger partial charge in [0.15, 0.2) is 0 Å². The van der Waals surface area contributed by atoms with Gasteiger partial charge in [0.25, 0.3) is 0 Å². The molecule has 21 heavy (non-hydrogen) atoms. The molecule has 0 saturated heterocycles. The average Bonchev–Trinajstić information content (AvgIpc) is 2.48. The third-order valence-electron chi connectivity index (χ3n) is 4.14. The zero-order valence-electron chi connectivity index (χ0n) is 12.3. The smallest absolute Gasteiger partial charge is 0.315 e. The number of carbonyl (C=O) groups excluding carboxylic acids is 1. The SMILES string of the molecule is CC1CCCCC1NC(=O)NCC(O)c1ccc(F)cc1. The maximum atomic E-state index is 12.8. The molecule has 2 amide bonds. The number of carbonyl (C=O) groups is 1. The molecule has 0 spiro atoms. The van der Waals surface area contributed by atoms with Crippen LogP contribution in [0.3, 0.4) is 0 Å². The number of nitrogens with one attached hydrogen (secondary N) is 2. The summed E-state index contributed by atoms with van der Waals surface area (Å²) in [6.45, 7) is 2.26. The molecule has 1 fully saturated rings. The molecule has 116 valence electrons. The van der Waals surface area contributed by atoms with E-state index < -0.39 is 6.10 Å². The van der Waals surface area contributed by atoms with Crippen LogP contribution in [0, 0.1) is 11.7 Å². The van der Waals surface area contributed by atoms with Gasteiger partial charge in [0.1, 0.15) is 5.82 Å². The normalized spacial score (nSPS) is 23.4. The summed E-state index contributed by atoms with van der Waals surface area (Å²) >= 11 is 0. The standard InChI is InChI=1S/C16H23FN2O2/c1-11-4-2-3-5-14(11)19-16(21)18-10-15(20)12-6-8-13(17)9-7-12/h6-9,11,14-15,20H,2-5,10H2,1H3,(H2,18,19,21). The van der Waals surface area contributed by atoms with Crippen molar-refractivity contribution in [1.82, 2.24) is 10.6 Å². The minimum absolute atomic E-state index is 0.110. The van der Waals surface area contributed by atoms with Crippen LogP contribution in [0.2, 0.25) is 0 Å². The fraction of sp³-hybridized carbons (Fsp3) is 0.562. The van der Waals surface area contributed by atoms with E-state index in [2.05, 4.69) is 17.6 Å². The summed E-state index contributed by atoms with van der Waals surface area (Å²) in [7, 11) is 0. The first-order valence-corrected chi connectivity index (χ1v) is 7.54. The molecule has 3 unspecified atom stereocenters. The topological polar surface area (TPSA) is 61.4 Å². The molecule has 1 aliphatic carbocycles. The molecule has 3 atom stereocenters. The molecule has 5 heteroatoms. The Kier molecular flexibility index (Phi) is 5.56. The number of hydrogen-bond donors (Lipinski definition) is 3. The van der Waals surface area contributed by atoms with Crippen LogP contribution in [0.1, 0.15) is 44.3 Å². The summed E-state index contributed by atoms with van der Waals surface area (Å²) in [4.78, 5) is 11.9. The van der Waals surface area contributed by atoms with Crippen LogP contribution in [0.4, 0.5) is 9.18 Å². The Labute approximate surface area is 124 Å². The fourth-order valence-electron chi connectivity index (χ4n) is 2.74. The molecule has 1 aliphatic rings. The molecule has 0 radical (unpaired) electrons. The highest BCUT2D eigenvalue weighted by Crippen LogP contribution is 2.23. The maximum Gasteiger partial charge on any atom is 0.315 e. The van der Waals surface area contributed by atoms with Gasteiger partial charge in [-0.25, -0.2) is 9.18 Å². The lowest BCUT2D eigenvalue weighted by molar-refractivity contribution is 0.170. The molecule has 0 aliphatic heterocycles. The van der Waals surface area contributed by atoms with Gasteiger partial charge in [0, 0.05) is 12.6 Å².